The summed E-state index contributed by atoms with van der Waals surface area (Å²) in [5, 5.41) is 15.5. The second kappa shape index (κ2) is 4.02. The van der Waals surface area contributed by atoms with E-state index in [9.17, 15) is 19.7 Å². The second-order valence-electron chi connectivity index (χ2n) is 3.36. The summed E-state index contributed by atoms with van der Waals surface area (Å²) in [5.74, 6) is -1.97. The van der Waals surface area contributed by atoms with E-state index in [1.54, 1.807) is 0 Å². The van der Waals surface area contributed by atoms with Crippen molar-refractivity contribution in [1.29, 1.82) is 0 Å². The Hall–Kier alpha value is -2.15. The first kappa shape index (κ1) is 11.3. The molecule has 0 saturated carbocycles. The number of benzene rings is 1. The average molecular weight is 256 g/mol. The fraction of sp³-hybridized carbons (Fsp3) is 0.111. The van der Waals surface area contributed by atoms with Crippen LogP contribution in [-0.4, -0.2) is 22.8 Å². The van der Waals surface area contributed by atoms with E-state index >= 15 is 0 Å². The van der Waals surface area contributed by atoms with Gasteiger partial charge in [0.25, 0.3) is 0 Å². The van der Waals surface area contributed by atoms with Gasteiger partial charge in [-0.2, -0.15) is 0 Å². The Balaban J connectivity index is 2.45. The van der Waals surface area contributed by atoms with Crippen molar-refractivity contribution in [3.05, 3.63) is 33.3 Å². The third kappa shape index (κ3) is 2.04. The zero-order valence-corrected chi connectivity index (χ0v) is 9.02. The predicted molar refractivity (Wildman–Crippen MR) is 59.5 cm³/mol. The Bertz CT molecular complexity index is 531. The molecule has 1 aliphatic rings. The highest BCUT2D eigenvalue weighted by Gasteiger charge is 2.40. The average Bonchev–Trinajstić information content (AvgIpc) is 2.32. The number of nitrogens with zero attached hydrogens (tertiary/aromatic N) is 1. The molecule has 1 heterocycles. The van der Waals surface area contributed by atoms with Crippen LogP contribution < -0.4 is 10.6 Å². The first-order chi connectivity index (χ1) is 7.99. The van der Waals surface area contributed by atoms with E-state index < -0.39 is 22.8 Å². The number of fused-ring (bicyclic) bond motifs is 1. The quantitative estimate of drug-likeness (QED) is 0.442. The van der Waals surface area contributed by atoms with Gasteiger partial charge in [-0.05, 0) is 18.2 Å². The minimum atomic E-state index is -1.96. The molecule has 7 nitrogen and oxygen atoms in total. The second-order valence-corrected chi connectivity index (χ2v) is 3.79. The Labute approximate surface area is 99.9 Å². The number of carbonyl (C=O) groups is 2. The summed E-state index contributed by atoms with van der Waals surface area (Å²) < 4.78 is 0. The molecule has 0 aliphatic carbocycles. The van der Waals surface area contributed by atoms with Crippen LogP contribution >= 0.6 is 11.6 Å². The summed E-state index contributed by atoms with van der Waals surface area (Å²) in [7, 11) is 0. The molecule has 2 N–H and O–H groups in total. The molecule has 0 fully saturated rings. The van der Waals surface area contributed by atoms with Crippen LogP contribution in [0.2, 0.25) is 5.02 Å². The maximum atomic E-state index is 11.5. The van der Waals surface area contributed by atoms with Crippen LogP contribution in [0.4, 0.5) is 11.4 Å². The third-order valence-electron chi connectivity index (χ3n) is 2.20. The number of nitrogens with one attached hydrogen (secondary N) is 2. The van der Waals surface area contributed by atoms with E-state index in [1.807, 2.05) is 0 Å². The maximum Gasteiger partial charge on any atom is 0.366 e. The minimum absolute atomic E-state index is 0.236. The Kier molecular flexibility index (Phi) is 2.68. The lowest BCUT2D eigenvalue weighted by Crippen LogP contribution is -2.42. The van der Waals surface area contributed by atoms with Crippen LogP contribution in [0.3, 0.4) is 0 Å². The molecule has 1 atom stereocenters. The van der Waals surface area contributed by atoms with Gasteiger partial charge >= 0.3 is 17.9 Å². The van der Waals surface area contributed by atoms with Crippen LogP contribution in [-0.2, 0) is 9.59 Å². The van der Waals surface area contributed by atoms with Crippen molar-refractivity contribution >= 4 is 34.8 Å². The number of amides is 2. The topological polar surface area (TPSA) is 101 Å². The minimum Gasteiger partial charge on any atom is -0.318 e. The first-order valence-corrected chi connectivity index (χ1v) is 4.91. The van der Waals surface area contributed by atoms with Gasteiger partial charge in [-0.3, -0.25) is 19.7 Å². The lowest BCUT2D eigenvalue weighted by atomic mass is 10.2. The van der Waals surface area contributed by atoms with Gasteiger partial charge in [0.15, 0.2) is 0 Å². The molecule has 2 rings (SSSR count). The summed E-state index contributed by atoms with van der Waals surface area (Å²) in [4.78, 5) is 32.6. The molecule has 17 heavy (non-hydrogen) atoms. The molecule has 0 bridgehead atoms. The van der Waals surface area contributed by atoms with Crippen LogP contribution in [0.25, 0.3) is 0 Å². The molecular formula is C9H6ClN3O4. The van der Waals surface area contributed by atoms with Gasteiger partial charge < -0.3 is 10.6 Å². The SMILES string of the molecule is O=C1Nc2ccc(Cl)cc2NC(=O)C1[N+](=O)[O-]. The van der Waals surface area contributed by atoms with Gasteiger partial charge in [0.05, 0.1) is 11.4 Å². The van der Waals surface area contributed by atoms with Crippen molar-refractivity contribution < 1.29 is 14.5 Å². The molecule has 1 aromatic rings. The van der Waals surface area contributed by atoms with E-state index in [0.29, 0.717) is 5.02 Å². The molecule has 0 radical (unpaired) electrons. The Morgan fingerprint density at radius 3 is 2.35 bits per heavy atom. The number of hydrogen-bond donors (Lipinski definition) is 2. The Morgan fingerprint density at radius 2 is 1.76 bits per heavy atom. The van der Waals surface area contributed by atoms with Crippen LogP contribution in [0.5, 0.6) is 0 Å². The summed E-state index contributed by atoms with van der Waals surface area (Å²) in [5.41, 5.74) is 0.511. The van der Waals surface area contributed by atoms with Gasteiger partial charge in [0, 0.05) is 9.95 Å². The van der Waals surface area contributed by atoms with Crippen LogP contribution in [0.1, 0.15) is 0 Å². The summed E-state index contributed by atoms with van der Waals surface area (Å²) in [6, 6.07) is 2.40. The largest absolute Gasteiger partial charge is 0.366 e. The van der Waals surface area contributed by atoms with Gasteiger partial charge in [0.2, 0.25) is 0 Å². The maximum absolute atomic E-state index is 11.5. The smallest absolute Gasteiger partial charge is 0.318 e. The van der Waals surface area contributed by atoms with Crippen molar-refractivity contribution in [2.45, 2.75) is 6.04 Å². The number of nitro groups is 1. The molecule has 88 valence electrons. The highest BCUT2D eigenvalue weighted by atomic mass is 35.5. The molecule has 0 aromatic heterocycles. The standard InChI is InChI=1S/C9H6ClN3O4/c10-4-1-2-5-6(3-4)12-9(15)7(13(16)17)8(14)11-5/h1-3,7H,(H,11,14)(H,12,15). The van der Waals surface area contributed by atoms with Crippen molar-refractivity contribution in [3.63, 3.8) is 0 Å². The fourth-order valence-corrected chi connectivity index (χ4v) is 1.61. The molecular weight excluding hydrogens is 250 g/mol. The van der Waals surface area contributed by atoms with E-state index in [1.165, 1.54) is 18.2 Å². The number of hydrogen-bond acceptors (Lipinski definition) is 4. The van der Waals surface area contributed by atoms with Gasteiger partial charge in [-0.25, -0.2) is 0 Å². The van der Waals surface area contributed by atoms with Crippen LogP contribution in [0, 0.1) is 10.1 Å². The highest BCUT2D eigenvalue weighted by Crippen LogP contribution is 2.28. The lowest BCUT2D eigenvalue weighted by molar-refractivity contribution is -0.492. The van der Waals surface area contributed by atoms with Gasteiger partial charge in [0.1, 0.15) is 0 Å². The number of rotatable bonds is 1. The summed E-state index contributed by atoms with van der Waals surface area (Å²) in [6.45, 7) is 0. The van der Waals surface area contributed by atoms with Gasteiger partial charge in [-0.15, -0.1) is 0 Å². The predicted octanol–water partition coefficient (Wildman–Crippen LogP) is 0.876. The van der Waals surface area contributed by atoms with Crippen molar-refractivity contribution in [3.8, 4) is 0 Å². The lowest BCUT2D eigenvalue weighted by Gasteiger charge is -2.05. The zero-order valence-electron chi connectivity index (χ0n) is 8.27. The highest BCUT2D eigenvalue weighted by molar-refractivity contribution is 6.31. The fourth-order valence-electron chi connectivity index (χ4n) is 1.44. The summed E-state index contributed by atoms with van der Waals surface area (Å²) in [6.07, 6.45) is 0. The molecule has 8 heteroatoms. The van der Waals surface area contributed by atoms with E-state index in [0.717, 1.165) is 0 Å². The van der Waals surface area contributed by atoms with Crippen molar-refractivity contribution in [2.75, 3.05) is 10.6 Å². The molecule has 1 unspecified atom stereocenters. The number of halogens is 1. The van der Waals surface area contributed by atoms with Crippen molar-refractivity contribution in [2.24, 2.45) is 0 Å². The first-order valence-electron chi connectivity index (χ1n) is 4.54. The number of carbonyl (C=O) groups excluding carboxylic acids is 2. The zero-order chi connectivity index (χ0) is 12.6. The Morgan fingerprint density at radius 1 is 1.18 bits per heavy atom. The molecule has 2 amide bonds. The van der Waals surface area contributed by atoms with E-state index in [4.69, 9.17) is 11.6 Å². The van der Waals surface area contributed by atoms with Crippen LogP contribution in [0.15, 0.2) is 18.2 Å². The molecule has 0 spiro atoms. The third-order valence-corrected chi connectivity index (χ3v) is 2.44. The van der Waals surface area contributed by atoms with Gasteiger partial charge in [-0.1, -0.05) is 11.6 Å². The molecule has 1 aromatic carbocycles. The van der Waals surface area contributed by atoms with E-state index in [2.05, 4.69) is 10.6 Å². The monoisotopic (exact) mass is 255 g/mol. The van der Waals surface area contributed by atoms with Crippen molar-refractivity contribution in [1.82, 2.24) is 0 Å². The summed E-state index contributed by atoms with van der Waals surface area (Å²) >= 11 is 5.72. The normalized spacial score (nSPS) is 18.8. The molecule has 1 aliphatic heterocycles. The molecule has 0 saturated heterocycles. The van der Waals surface area contributed by atoms with E-state index in [-0.39, 0.29) is 11.4 Å². The number of anilines is 2.